The van der Waals surface area contributed by atoms with Gasteiger partial charge in [0.25, 0.3) is 0 Å². The highest BCUT2D eigenvalue weighted by Gasteiger charge is 2.22. The number of nitrogens with one attached hydrogen (secondary N) is 1. The highest BCUT2D eigenvalue weighted by atomic mass is 16.5. The molecule has 1 atom stereocenters. The predicted molar refractivity (Wildman–Crippen MR) is 83.3 cm³/mol. The van der Waals surface area contributed by atoms with Gasteiger partial charge in [-0.15, -0.1) is 0 Å². The molecule has 0 bridgehead atoms. The summed E-state index contributed by atoms with van der Waals surface area (Å²) >= 11 is 0. The third-order valence-corrected chi connectivity index (χ3v) is 3.06. The molecule has 0 radical (unpaired) electrons. The molecule has 1 aromatic rings. The van der Waals surface area contributed by atoms with E-state index in [1.54, 1.807) is 26.4 Å². The van der Waals surface area contributed by atoms with E-state index in [0.29, 0.717) is 25.4 Å². The number of amides is 1. The van der Waals surface area contributed by atoms with Gasteiger partial charge in [0.05, 0.1) is 27.4 Å². The zero-order chi connectivity index (χ0) is 17.1. The van der Waals surface area contributed by atoms with E-state index in [0.717, 1.165) is 5.56 Å². The molecule has 0 aliphatic rings. The maximum absolute atomic E-state index is 11.9. The van der Waals surface area contributed by atoms with E-state index >= 15 is 0 Å². The Morgan fingerprint density at radius 3 is 2.61 bits per heavy atom. The number of esters is 1. The molecule has 7 heteroatoms. The molecule has 0 fully saturated rings. The normalized spacial score (nSPS) is 11.6. The molecule has 7 nitrogen and oxygen atoms in total. The summed E-state index contributed by atoms with van der Waals surface area (Å²) in [4.78, 5) is 23.7. The van der Waals surface area contributed by atoms with Gasteiger partial charge in [0.2, 0.25) is 5.91 Å². The van der Waals surface area contributed by atoms with Crippen molar-refractivity contribution in [1.82, 2.24) is 5.32 Å². The second-order valence-corrected chi connectivity index (χ2v) is 4.74. The van der Waals surface area contributed by atoms with Crippen molar-refractivity contribution in [2.24, 2.45) is 0 Å². The van der Waals surface area contributed by atoms with Crippen molar-refractivity contribution in [1.29, 1.82) is 0 Å². The van der Waals surface area contributed by atoms with Crippen LogP contribution in [0.1, 0.15) is 5.56 Å². The van der Waals surface area contributed by atoms with Crippen LogP contribution < -0.4 is 10.1 Å². The largest absolute Gasteiger partial charge is 0.497 e. The summed E-state index contributed by atoms with van der Waals surface area (Å²) in [7, 11) is 4.39. The van der Waals surface area contributed by atoms with Crippen molar-refractivity contribution in [3.63, 3.8) is 0 Å². The van der Waals surface area contributed by atoms with Gasteiger partial charge >= 0.3 is 5.97 Å². The lowest BCUT2D eigenvalue weighted by molar-refractivity contribution is -0.145. The molecule has 0 aliphatic heterocycles. The summed E-state index contributed by atoms with van der Waals surface area (Å²) in [6.07, 6.45) is 0.299. The number of hydrogen-bond acceptors (Lipinski definition) is 6. The van der Waals surface area contributed by atoms with Crippen LogP contribution in [0.25, 0.3) is 0 Å². The molecule has 1 rings (SSSR count). The minimum atomic E-state index is -0.786. The Hall–Kier alpha value is -2.12. The van der Waals surface area contributed by atoms with Gasteiger partial charge in [-0.2, -0.15) is 0 Å². The van der Waals surface area contributed by atoms with Crippen LogP contribution in [0.4, 0.5) is 0 Å². The Kier molecular flexibility index (Phi) is 8.71. The summed E-state index contributed by atoms with van der Waals surface area (Å²) in [5.74, 6) is -0.224. The van der Waals surface area contributed by atoms with Gasteiger partial charge in [-0.25, -0.2) is 4.79 Å². The third-order valence-electron chi connectivity index (χ3n) is 3.06. The van der Waals surface area contributed by atoms with Crippen LogP contribution in [0.3, 0.4) is 0 Å². The molecular weight excluding hydrogens is 302 g/mol. The number of ether oxygens (including phenoxy) is 4. The van der Waals surface area contributed by atoms with Crippen LogP contribution in [0.2, 0.25) is 0 Å². The maximum atomic E-state index is 11.9. The molecule has 0 heterocycles. The number of methoxy groups -OCH3 is 3. The second-order valence-electron chi connectivity index (χ2n) is 4.74. The van der Waals surface area contributed by atoms with E-state index in [4.69, 9.17) is 18.9 Å². The Morgan fingerprint density at radius 1 is 1.17 bits per heavy atom. The van der Waals surface area contributed by atoms with E-state index in [-0.39, 0.29) is 12.5 Å². The Balaban J connectivity index is 2.61. The number of carbonyl (C=O) groups is 2. The van der Waals surface area contributed by atoms with E-state index in [1.807, 2.05) is 12.1 Å². The first-order valence-electron chi connectivity index (χ1n) is 7.17. The lowest BCUT2D eigenvalue weighted by atomic mass is 10.1. The van der Waals surface area contributed by atoms with Gasteiger partial charge in [0.1, 0.15) is 18.4 Å². The van der Waals surface area contributed by atoms with Crippen LogP contribution in [0, 0.1) is 0 Å². The fourth-order valence-corrected chi connectivity index (χ4v) is 1.91. The van der Waals surface area contributed by atoms with Gasteiger partial charge in [-0.3, -0.25) is 4.79 Å². The quantitative estimate of drug-likeness (QED) is 0.500. The molecule has 0 spiro atoms. The second kappa shape index (κ2) is 10.6. The van der Waals surface area contributed by atoms with Crippen LogP contribution >= 0.6 is 0 Å². The van der Waals surface area contributed by atoms with Gasteiger partial charge in [-0.1, -0.05) is 12.1 Å². The molecule has 23 heavy (non-hydrogen) atoms. The predicted octanol–water partition coefficient (Wildman–Crippen LogP) is 0.559. The first-order chi connectivity index (χ1) is 11.1. The standard InChI is InChI=1S/C16H23NO6/c1-20-7-8-23-11-15(18)17-14(16(19)22-3)10-12-5-4-6-13(9-12)21-2/h4-6,9,14H,7-8,10-11H2,1-3H3,(H,17,18)/t14-/m0/s1. The zero-order valence-corrected chi connectivity index (χ0v) is 13.7. The molecule has 0 unspecified atom stereocenters. The summed E-state index contributed by atoms with van der Waals surface area (Å²) in [6, 6.07) is 6.49. The molecule has 128 valence electrons. The molecule has 0 saturated heterocycles. The smallest absolute Gasteiger partial charge is 0.328 e. The minimum absolute atomic E-state index is 0.144. The third kappa shape index (κ3) is 7.12. The average Bonchev–Trinajstić information content (AvgIpc) is 2.57. The van der Waals surface area contributed by atoms with Crippen LogP contribution in [-0.2, 0) is 30.2 Å². The van der Waals surface area contributed by atoms with Crippen molar-refractivity contribution in [3.05, 3.63) is 29.8 Å². The van der Waals surface area contributed by atoms with Gasteiger partial charge in [-0.05, 0) is 17.7 Å². The number of carbonyl (C=O) groups excluding carboxylic acids is 2. The molecule has 0 saturated carbocycles. The van der Waals surface area contributed by atoms with Crippen LogP contribution in [-0.4, -0.2) is 59.1 Å². The SMILES string of the molecule is COCCOCC(=O)N[C@@H](Cc1cccc(OC)c1)C(=O)OC. The molecule has 1 amide bonds. The van der Waals surface area contributed by atoms with Crippen LogP contribution in [0.15, 0.2) is 24.3 Å². The first-order valence-corrected chi connectivity index (χ1v) is 7.17. The van der Waals surface area contributed by atoms with E-state index in [2.05, 4.69) is 5.32 Å². The van der Waals surface area contributed by atoms with Crippen molar-refractivity contribution >= 4 is 11.9 Å². The summed E-state index contributed by atoms with van der Waals surface area (Å²) in [5, 5.41) is 2.61. The molecule has 0 aromatic heterocycles. The van der Waals surface area contributed by atoms with Crippen molar-refractivity contribution < 1.29 is 28.5 Å². The van der Waals surface area contributed by atoms with Gasteiger partial charge in [0, 0.05) is 13.5 Å². The van der Waals surface area contributed by atoms with Crippen molar-refractivity contribution in [3.8, 4) is 5.75 Å². The summed E-state index contributed by atoms with van der Waals surface area (Å²) < 4.78 is 19.8. The Morgan fingerprint density at radius 2 is 1.96 bits per heavy atom. The number of rotatable bonds is 10. The topological polar surface area (TPSA) is 83.1 Å². The van der Waals surface area contributed by atoms with Gasteiger partial charge in [0.15, 0.2) is 0 Å². The monoisotopic (exact) mass is 325 g/mol. The van der Waals surface area contributed by atoms with Crippen molar-refractivity contribution in [2.75, 3.05) is 41.2 Å². The number of benzene rings is 1. The fraction of sp³-hybridized carbons (Fsp3) is 0.500. The molecule has 0 aliphatic carbocycles. The Labute approximate surface area is 135 Å². The van der Waals surface area contributed by atoms with Crippen molar-refractivity contribution in [2.45, 2.75) is 12.5 Å². The zero-order valence-electron chi connectivity index (χ0n) is 13.7. The Bertz CT molecular complexity index is 505. The van der Waals surface area contributed by atoms with E-state index < -0.39 is 12.0 Å². The number of hydrogen-bond donors (Lipinski definition) is 1. The van der Waals surface area contributed by atoms with E-state index in [1.165, 1.54) is 7.11 Å². The van der Waals surface area contributed by atoms with Crippen LogP contribution in [0.5, 0.6) is 5.75 Å². The van der Waals surface area contributed by atoms with Gasteiger partial charge < -0.3 is 24.3 Å². The molecular formula is C16H23NO6. The first kappa shape index (κ1) is 18.9. The average molecular weight is 325 g/mol. The highest BCUT2D eigenvalue weighted by molar-refractivity contribution is 5.85. The lowest BCUT2D eigenvalue weighted by Crippen LogP contribution is -2.44. The molecule has 1 N–H and O–H groups in total. The summed E-state index contributed by atoms with van der Waals surface area (Å²) in [5.41, 5.74) is 0.848. The maximum Gasteiger partial charge on any atom is 0.328 e. The lowest BCUT2D eigenvalue weighted by Gasteiger charge is -2.17. The summed E-state index contributed by atoms with van der Waals surface area (Å²) in [6.45, 7) is 0.565. The van der Waals surface area contributed by atoms with E-state index in [9.17, 15) is 9.59 Å². The molecule has 1 aromatic carbocycles. The fourth-order valence-electron chi connectivity index (χ4n) is 1.91. The minimum Gasteiger partial charge on any atom is -0.497 e. The highest BCUT2D eigenvalue weighted by Crippen LogP contribution is 2.14.